The molecule has 1 aromatic rings. The SMILES string of the molecule is CCNC(=NCc1ccc(C)cc1OC1CCOC1)NC1C2CCOC2C1(C)C.I. The van der Waals surface area contributed by atoms with Gasteiger partial charge >= 0.3 is 0 Å². The van der Waals surface area contributed by atoms with Gasteiger partial charge in [0, 0.05) is 42.5 Å². The lowest BCUT2D eigenvalue weighted by Gasteiger charge is -2.54. The van der Waals surface area contributed by atoms with Crippen LogP contribution < -0.4 is 15.4 Å². The maximum atomic E-state index is 6.23. The molecule has 2 saturated heterocycles. The Hall–Kier alpha value is -1.06. The van der Waals surface area contributed by atoms with Gasteiger partial charge in [0.25, 0.3) is 0 Å². The van der Waals surface area contributed by atoms with Crippen molar-refractivity contribution >= 4 is 29.9 Å². The van der Waals surface area contributed by atoms with E-state index in [4.69, 9.17) is 19.2 Å². The van der Waals surface area contributed by atoms with E-state index in [1.807, 2.05) is 0 Å². The van der Waals surface area contributed by atoms with Crippen LogP contribution in [0, 0.1) is 18.3 Å². The van der Waals surface area contributed by atoms with Gasteiger partial charge in [0.05, 0.1) is 25.9 Å². The lowest BCUT2D eigenvalue weighted by molar-refractivity contribution is -0.106. The quantitative estimate of drug-likeness (QED) is 0.335. The summed E-state index contributed by atoms with van der Waals surface area (Å²) in [5, 5.41) is 7.10. The maximum Gasteiger partial charge on any atom is 0.191 e. The molecular weight excluding hydrogens is 493 g/mol. The van der Waals surface area contributed by atoms with E-state index in [9.17, 15) is 0 Å². The van der Waals surface area contributed by atoms with E-state index >= 15 is 0 Å². The van der Waals surface area contributed by atoms with Gasteiger partial charge in [0.15, 0.2) is 5.96 Å². The molecule has 1 aliphatic carbocycles. The van der Waals surface area contributed by atoms with E-state index in [0.717, 1.165) is 49.9 Å². The molecule has 30 heavy (non-hydrogen) atoms. The normalized spacial score (nSPS) is 29.5. The van der Waals surface area contributed by atoms with Crippen LogP contribution in [0.5, 0.6) is 5.75 Å². The van der Waals surface area contributed by atoms with Crippen LogP contribution in [0.25, 0.3) is 0 Å². The number of halogens is 1. The highest BCUT2D eigenvalue weighted by molar-refractivity contribution is 14.0. The summed E-state index contributed by atoms with van der Waals surface area (Å²) in [6.07, 6.45) is 2.59. The highest BCUT2D eigenvalue weighted by Gasteiger charge is 2.59. The standard InChI is InChI=1S/C23H35N3O3.HI/c1-5-24-22(26-20-18-9-11-28-21(18)23(20,3)4)25-13-16-7-6-15(2)12-19(16)29-17-8-10-27-14-17;/h6-7,12,17-18,20-21H,5,8-11,13-14H2,1-4H3,(H2,24,25,26);1H. The number of rotatable bonds is 6. The molecule has 2 aliphatic heterocycles. The van der Waals surface area contributed by atoms with Crippen LogP contribution in [0.1, 0.15) is 44.7 Å². The minimum Gasteiger partial charge on any atom is -0.488 e. The molecule has 168 valence electrons. The Morgan fingerprint density at radius 2 is 2.10 bits per heavy atom. The molecule has 4 rings (SSSR count). The Kier molecular flexibility index (Phi) is 7.90. The molecular formula is C23H36IN3O3. The van der Waals surface area contributed by atoms with Crippen molar-refractivity contribution in [3.63, 3.8) is 0 Å². The van der Waals surface area contributed by atoms with Crippen molar-refractivity contribution in [3.05, 3.63) is 29.3 Å². The highest BCUT2D eigenvalue weighted by atomic mass is 127. The summed E-state index contributed by atoms with van der Waals surface area (Å²) in [5.41, 5.74) is 2.42. The highest BCUT2D eigenvalue weighted by Crippen LogP contribution is 2.52. The minimum atomic E-state index is 0. The van der Waals surface area contributed by atoms with Gasteiger partial charge in [-0.3, -0.25) is 0 Å². The largest absolute Gasteiger partial charge is 0.488 e. The van der Waals surface area contributed by atoms with Crippen LogP contribution in [0.2, 0.25) is 0 Å². The molecule has 2 heterocycles. The summed E-state index contributed by atoms with van der Waals surface area (Å²) in [6.45, 7) is 12.5. The number of ether oxygens (including phenoxy) is 3. The Bertz CT molecular complexity index is 749. The van der Waals surface area contributed by atoms with Crippen LogP contribution in [-0.4, -0.2) is 50.6 Å². The van der Waals surface area contributed by atoms with Gasteiger partial charge in [-0.2, -0.15) is 0 Å². The van der Waals surface area contributed by atoms with Crippen molar-refractivity contribution in [3.8, 4) is 5.75 Å². The van der Waals surface area contributed by atoms with Crippen molar-refractivity contribution < 1.29 is 14.2 Å². The number of nitrogens with zero attached hydrogens (tertiary/aromatic N) is 1. The third-order valence-electron chi connectivity index (χ3n) is 6.55. The summed E-state index contributed by atoms with van der Waals surface area (Å²) < 4.78 is 17.6. The van der Waals surface area contributed by atoms with Crippen molar-refractivity contribution in [2.24, 2.45) is 16.3 Å². The number of hydrogen-bond donors (Lipinski definition) is 2. The van der Waals surface area contributed by atoms with Gasteiger partial charge < -0.3 is 24.8 Å². The summed E-state index contributed by atoms with van der Waals surface area (Å²) in [4.78, 5) is 4.89. The van der Waals surface area contributed by atoms with Crippen LogP contribution in [-0.2, 0) is 16.0 Å². The number of hydrogen-bond acceptors (Lipinski definition) is 4. The molecule has 1 saturated carbocycles. The molecule has 2 N–H and O–H groups in total. The lowest BCUT2D eigenvalue weighted by Crippen LogP contribution is -2.67. The molecule has 4 unspecified atom stereocenters. The number of aliphatic imine (C=N–C) groups is 1. The van der Waals surface area contributed by atoms with Gasteiger partial charge in [0.2, 0.25) is 0 Å². The second kappa shape index (κ2) is 10.0. The first-order chi connectivity index (χ1) is 14.0. The van der Waals surface area contributed by atoms with Crippen molar-refractivity contribution in [2.45, 2.75) is 65.3 Å². The molecule has 4 atom stereocenters. The first-order valence-electron chi connectivity index (χ1n) is 11.0. The molecule has 0 aromatic heterocycles. The molecule has 7 heteroatoms. The summed E-state index contributed by atoms with van der Waals surface area (Å²) in [6, 6.07) is 6.75. The van der Waals surface area contributed by atoms with E-state index in [-0.39, 0.29) is 35.5 Å². The Morgan fingerprint density at radius 1 is 1.27 bits per heavy atom. The van der Waals surface area contributed by atoms with Crippen molar-refractivity contribution in [1.29, 1.82) is 0 Å². The molecule has 3 aliphatic rings. The first kappa shape index (κ1) is 23.6. The topological polar surface area (TPSA) is 64.1 Å². The lowest BCUT2D eigenvalue weighted by atomic mass is 9.57. The zero-order valence-corrected chi connectivity index (χ0v) is 20.9. The smallest absolute Gasteiger partial charge is 0.191 e. The average molecular weight is 529 g/mol. The van der Waals surface area contributed by atoms with Gasteiger partial charge in [-0.05, 0) is 31.9 Å². The summed E-state index contributed by atoms with van der Waals surface area (Å²) in [7, 11) is 0. The third-order valence-corrected chi connectivity index (χ3v) is 6.55. The second-order valence-corrected chi connectivity index (χ2v) is 9.10. The molecule has 0 bridgehead atoms. The fraction of sp³-hybridized carbons (Fsp3) is 0.696. The fourth-order valence-corrected chi connectivity index (χ4v) is 4.94. The summed E-state index contributed by atoms with van der Waals surface area (Å²) in [5.74, 6) is 2.37. The predicted molar refractivity (Wildman–Crippen MR) is 130 cm³/mol. The van der Waals surface area contributed by atoms with Crippen LogP contribution in [0.3, 0.4) is 0 Å². The number of benzene rings is 1. The Labute approximate surface area is 197 Å². The molecule has 0 radical (unpaired) electrons. The molecule has 6 nitrogen and oxygen atoms in total. The molecule has 0 amide bonds. The minimum absolute atomic E-state index is 0. The van der Waals surface area contributed by atoms with E-state index < -0.39 is 0 Å². The van der Waals surface area contributed by atoms with E-state index in [1.165, 1.54) is 5.56 Å². The maximum absolute atomic E-state index is 6.23. The fourth-order valence-electron chi connectivity index (χ4n) is 4.94. The number of guanidine groups is 1. The van der Waals surface area contributed by atoms with E-state index in [0.29, 0.717) is 31.2 Å². The number of aryl methyl sites for hydroxylation is 1. The number of nitrogens with one attached hydrogen (secondary N) is 2. The number of fused-ring (bicyclic) bond motifs is 1. The Balaban J connectivity index is 0.00000256. The monoisotopic (exact) mass is 529 g/mol. The van der Waals surface area contributed by atoms with Gasteiger partial charge in [0.1, 0.15) is 11.9 Å². The van der Waals surface area contributed by atoms with Crippen molar-refractivity contribution in [2.75, 3.05) is 26.4 Å². The second-order valence-electron chi connectivity index (χ2n) is 9.10. The van der Waals surface area contributed by atoms with Crippen LogP contribution in [0.4, 0.5) is 0 Å². The van der Waals surface area contributed by atoms with Gasteiger partial charge in [-0.15, -0.1) is 24.0 Å². The van der Waals surface area contributed by atoms with Gasteiger partial charge in [-0.1, -0.05) is 26.0 Å². The van der Waals surface area contributed by atoms with Crippen LogP contribution >= 0.6 is 24.0 Å². The summed E-state index contributed by atoms with van der Waals surface area (Å²) >= 11 is 0. The van der Waals surface area contributed by atoms with Gasteiger partial charge in [-0.25, -0.2) is 4.99 Å². The van der Waals surface area contributed by atoms with Crippen molar-refractivity contribution in [1.82, 2.24) is 10.6 Å². The third kappa shape index (κ3) is 4.88. The zero-order chi connectivity index (χ0) is 20.4. The van der Waals surface area contributed by atoms with Crippen LogP contribution in [0.15, 0.2) is 23.2 Å². The average Bonchev–Trinajstić information content (AvgIpc) is 3.36. The Morgan fingerprint density at radius 3 is 2.83 bits per heavy atom. The van der Waals surface area contributed by atoms with E-state index in [1.54, 1.807) is 0 Å². The van der Waals surface area contributed by atoms with E-state index in [2.05, 4.69) is 56.5 Å². The predicted octanol–water partition coefficient (Wildman–Crippen LogP) is 3.65. The zero-order valence-electron chi connectivity index (χ0n) is 18.6. The molecule has 3 fully saturated rings. The first-order valence-corrected chi connectivity index (χ1v) is 11.0. The molecule has 1 aromatic carbocycles. The molecule has 0 spiro atoms.